The summed E-state index contributed by atoms with van der Waals surface area (Å²) < 4.78 is 25.7. The van der Waals surface area contributed by atoms with Gasteiger partial charge < -0.3 is 9.26 Å². The van der Waals surface area contributed by atoms with Crippen molar-refractivity contribution in [2.24, 2.45) is 5.92 Å². The van der Waals surface area contributed by atoms with Crippen molar-refractivity contribution in [2.75, 3.05) is 26.4 Å². The largest absolute Gasteiger partial charge is 0.466 e. The van der Waals surface area contributed by atoms with Gasteiger partial charge in [-0.3, -0.25) is 9.36 Å². The molecule has 1 aliphatic heterocycles. The first kappa shape index (κ1) is 19.0. The van der Waals surface area contributed by atoms with Crippen molar-refractivity contribution in [2.45, 2.75) is 39.5 Å². The summed E-state index contributed by atoms with van der Waals surface area (Å²) in [5.74, 6) is 0.840. The van der Waals surface area contributed by atoms with Gasteiger partial charge in [0.15, 0.2) is 0 Å². The molecular formula is C18H28NO4P. The van der Waals surface area contributed by atoms with Gasteiger partial charge in [-0.1, -0.05) is 26.0 Å². The van der Waals surface area contributed by atoms with E-state index in [4.69, 9.17) is 9.26 Å². The van der Waals surface area contributed by atoms with Crippen LogP contribution in [0.4, 0.5) is 0 Å². The Morgan fingerprint density at radius 3 is 2.33 bits per heavy atom. The second-order valence-electron chi connectivity index (χ2n) is 6.60. The molecule has 6 heteroatoms. The zero-order valence-electron chi connectivity index (χ0n) is 15.0. The molecule has 0 amide bonds. The molecular weight excluding hydrogens is 325 g/mol. The fraction of sp³-hybridized carbons (Fsp3) is 0.611. The highest BCUT2D eigenvalue weighted by Gasteiger charge is 2.34. The molecule has 2 rings (SSSR count). The molecule has 24 heavy (non-hydrogen) atoms. The van der Waals surface area contributed by atoms with Gasteiger partial charge in [-0.25, -0.2) is 4.67 Å². The van der Waals surface area contributed by atoms with Crippen LogP contribution in [0.3, 0.4) is 0 Å². The number of benzene rings is 1. The molecule has 1 aromatic rings. The summed E-state index contributed by atoms with van der Waals surface area (Å²) in [7, 11) is -2.92. The fourth-order valence-corrected chi connectivity index (χ4v) is 4.48. The predicted molar refractivity (Wildman–Crippen MR) is 95.6 cm³/mol. The maximum Gasteiger partial charge on any atom is 0.316 e. The quantitative estimate of drug-likeness (QED) is 0.564. The molecule has 1 atom stereocenters. The Bertz CT molecular complexity index is 592. The minimum atomic E-state index is -2.92. The van der Waals surface area contributed by atoms with E-state index in [-0.39, 0.29) is 11.9 Å². The first-order valence-corrected chi connectivity index (χ1v) is 10.6. The molecule has 1 aliphatic rings. The van der Waals surface area contributed by atoms with Gasteiger partial charge in [0, 0.05) is 19.8 Å². The van der Waals surface area contributed by atoms with Crippen molar-refractivity contribution >= 4 is 13.5 Å². The van der Waals surface area contributed by atoms with Crippen LogP contribution in [0.5, 0.6) is 5.75 Å². The molecule has 0 aliphatic carbocycles. The lowest BCUT2D eigenvalue weighted by atomic mass is 9.98. The molecule has 0 saturated carbocycles. The van der Waals surface area contributed by atoms with Gasteiger partial charge in [0.25, 0.3) is 0 Å². The average molecular weight is 353 g/mol. The van der Waals surface area contributed by atoms with Crippen molar-refractivity contribution < 1.29 is 18.6 Å². The third-order valence-electron chi connectivity index (χ3n) is 4.43. The summed E-state index contributed by atoms with van der Waals surface area (Å²) in [6.45, 7) is 9.30. The first-order valence-electron chi connectivity index (χ1n) is 8.62. The zero-order chi connectivity index (χ0) is 17.7. The predicted octanol–water partition coefficient (Wildman–Crippen LogP) is 4.29. The van der Waals surface area contributed by atoms with Crippen LogP contribution < -0.4 is 4.52 Å². The number of hydrogen-bond donors (Lipinski definition) is 0. The Morgan fingerprint density at radius 2 is 1.83 bits per heavy atom. The van der Waals surface area contributed by atoms with E-state index in [1.807, 2.05) is 35.9 Å². The van der Waals surface area contributed by atoms with Crippen molar-refractivity contribution in [1.29, 1.82) is 0 Å². The number of piperidine rings is 1. The number of rotatable bonds is 6. The third kappa shape index (κ3) is 4.84. The molecule has 0 spiro atoms. The van der Waals surface area contributed by atoms with E-state index < -0.39 is 7.52 Å². The second-order valence-corrected chi connectivity index (χ2v) is 8.95. The van der Waals surface area contributed by atoms with Gasteiger partial charge in [0.05, 0.1) is 12.5 Å². The standard InChI is InChI=1S/C18H28NO4P/c1-5-22-18(20)16-10-12-19(13-11-16)24(4,21)23-17-8-6-15(7-9-17)14(2)3/h6-9,14,16H,5,10-13H2,1-4H3. The molecule has 1 fully saturated rings. The van der Waals surface area contributed by atoms with Crippen LogP contribution in [0.25, 0.3) is 0 Å². The normalized spacial score (nSPS) is 19.0. The average Bonchev–Trinajstić information content (AvgIpc) is 2.55. The molecule has 1 heterocycles. The number of nitrogens with zero attached hydrogens (tertiary/aromatic N) is 1. The lowest BCUT2D eigenvalue weighted by Crippen LogP contribution is -2.35. The second kappa shape index (κ2) is 8.17. The van der Waals surface area contributed by atoms with Gasteiger partial charge >= 0.3 is 13.5 Å². The number of carbonyl (C=O) groups is 1. The Hall–Kier alpha value is -1.32. The molecule has 0 radical (unpaired) electrons. The van der Waals surface area contributed by atoms with Gasteiger partial charge in [0.2, 0.25) is 0 Å². The van der Waals surface area contributed by atoms with E-state index in [1.54, 1.807) is 6.66 Å². The number of esters is 1. The lowest BCUT2D eigenvalue weighted by Gasteiger charge is -2.34. The number of carbonyl (C=O) groups excluding carboxylic acids is 1. The van der Waals surface area contributed by atoms with E-state index in [1.165, 1.54) is 5.56 Å². The van der Waals surface area contributed by atoms with E-state index in [9.17, 15) is 9.36 Å². The molecule has 134 valence electrons. The van der Waals surface area contributed by atoms with Crippen LogP contribution in [0.15, 0.2) is 24.3 Å². The molecule has 1 saturated heterocycles. The van der Waals surface area contributed by atoms with Crippen LogP contribution in [0.2, 0.25) is 0 Å². The summed E-state index contributed by atoms with van der Waals surface area (Å²) in [4.78, 5) is 11.8. The van der Waals surface area contributed by atoms with Crippen LogP contribution in [-0.2, 0) is 14.1 Å². The zero-order valence-corrected chi connectivity index (χ0v) is 15.9. The van der Waals surface area contributed by atoms with E-state index in [2.05, 4.69) is 13.8 Å². The number of ether oxygens (including phenoxy) is 1. The fourth-order valence-electron chi connectivity index (χ4n) is 2.89. The van der Waals surface area contributed by atoms with Crippen LogP contribution in [-0.4, -0.2) is 37.0 Å². The number of hydrogen-bond acceptors (Lipinski definition) is 4. The van der Waals surface area contributed by atoms with Crippen LogP contribution in [0.1, 0.15) is 45.1 Å². The van der Waals surface area contributed by atoms with Crippen LogP contribution in [0, 0.1) is 5.92 Å². The van der Waals surface area contributed by atoms with E-state index in [0.29, 0.717) is 44.2 Å². The Kier molecular flexibility index (Phi) is 6.47. The molecule has 0 N–H and O–H groups in total. The highest BCUT2D eigenvalue weighted by atomic mass is 31.2. The topological polar surface area (TPSA) is 55.8 Å². The SMILES string of the molecule is CCOC(=O)C1CCN(P(C)(=O)Oc2ccc(C(C)C)cc2)CC1. The lowest BCUT2D eigenvalue weighted by molar-refractivity contribution is -0.149. The van der Waals surface area contributed by atoms with Gasteiger partial charge in [-0.2, -0.15) is 0 Å². The summed E-state index contributed by atoms with van der Waals surface area (Å²) in [6, 6.07) is 7.76. The minimum absolute atomic E-state index is 0.0912. The first-order chi connectivity index (χ1) is 11.3. The molecule has 1 unspecified atom stereocenters. The summed E-state index contributed by atoms with van der Waals surface area (Å²) in [5.41, 5.74) is 1.23. The highest BCUT2D eigenvalue weighted by molar-refractivity contribution is 7.56. The monoisotopic (exact) mass is 353 g/mol. The maximum absolute atomic E-state index is 12.9. The third-order valence-corrected chi connectivity index (χ3v) is 6.40. The van der Waals surface area contributed by atoms with E-state index >= 15 is 0 Å². The molecule has 0 aromatic heterocycles. The van der Waals surface area contributed by atoms with E-state index in [0.717, 1.165) is 0 Å². The van der Waals surface area contributed by atoms with Gasteiger partial charge in [0.1, 0.15) is 5.75 Å². The van der Waals surface area contributed by atoms with Crippen molar-refractivity contribution in [3.05, 3.63) is 29.8 Å². The van der Waals surface area contributed by atoms with Crippen LogP contribution >= 0.6 is 7.52 Å². The maximum atomic E-state index is 12.9. The Labute approximate surface area is 144 Å². The van der Waals surface area contributed by atoms with Crippen molar-refractivity contribution in [3.8, 4) is 5.75 Å². The highest BCUT2D eigenvalue weighted by Crippen LogP contribution is 2.49. The molecule has 5 nitrogen and oxygen atoms in total. The smallest absolute Gasteiger partial charge is 0.316 e. The van der Waals surface area contributed by atoms with Gasteiger partial charge in [-0.05, 0) is 43.4 Å². The van der Waals surface area contributed by atoms with Gasteiger partial charge in [-0.15, -0.1) is 0 Å². The van der Waals surface area contributed by atoms with Crippen molar-refractivity contribution in [1.82, 2.24) is 4.67 Å². The summed E-state index contributed by atoms with van der Waals surface area (Å²) in [5, 5.41) is 0. The van der Waals surface area contributed by atoms with Crippen molar-refractivity contribution in [3.63, 3.8) is 0 Å². The summed E-state index contributed by atoms with van der Waals surface area (Å²) in [6.07, 6.45) is 1.32. The minimum Gasteiger partial charge on any atom is -0.466 e. The molecule has 0 bridgehead atoms. The Balaban J connectivity index is 1.94. The Morgan fingerprint density at radius 1 is 1.25 bits per heavy atom. The molecule has 1 aromatic carbocycles. The summed E-state index contributed by atoms with van der Waals surface area (Å²) >= 11 is 0.